The van der Waals surface area contributed by atoms with Gasteiger partial charge in [0.05, 0.1) is 22.4 Å². The van der Waals surface area contributed by atoms with Crippen LogP contribution in [-0.2, 0) is 23.6 Å². The number of nitrogens with one attached hydrogen (secondary N) is 1. The third-order valence-electron chi connectivity index (χ3n) is 3.74. The van der Waals surface area contributed by atoms with Crippen LogP contribution in [0.15, 0.2) is 35.4 Å². The van der Waals surface area contributed by atoms with Gasteiger partial charge in [-0.2, -0.15) is 31.4 Å². The van der Waals surface area contributed by atoms with Crippen molar-refractivity contribution >= 4 is 35.3 Å². The van der Waals surface area contributed by atoms with Crippen molar-refractivity contribution in [3.8, 4) is 5.75 Å². The van der Waals surface area contributed by atoms with E-state index >= 15 is 0 Å². The number of amides is 1. The maximum atomic E-state index is 12.8. The molecule has 0 atom stereocenters. The van der Waals surface area contributed by atoms with Crippen molar-refractivity contribution in [2.45, 2.75) is 25.2 Å². The summed E-state index contributed by atoms with van der Waals surface area (Å²) in [6.07, 6.45) is -9.73. The number of aromatic hydroxyl groups is 1. The summed E-state index contributed by atoms with van der Waals surface area (Å²) in [5.41, 5.74) is -1.10. The quantitative estimate of drug-likeness (QED) is 0.327. The van der Waals surface area contributed by atoms with Crippen molar-refractivity contribution in [2.24, 2.45) is 5.10 Å². The summed E-state index contributed by atoms with van der Waals surface area (Å²) >= 11 is 11.5. The van der Waals surface area contributed by atoms with Crippen molar-refractivity contribution in [1.82, 2.24) is 5.43 Å². The molecule has 0 aliphatic carbocycles. The fourth-order valence-corrected chi connectivity index (χ4v) is 2.84. The van der Waals surface area contributed by atoms with Crippen LogP contribution in [0.5, 0.6) is 5.75 Å². The molecule has 12 heteroatoms. The van der Waals surface area contributed by atoms with Gasteiger partial charge in [0.15, 0.2) is 0 Å². The van der Waals surface area contributed by atoms with Crippen LogP contribution in [0.2, 0.25) is 10.0 Å². The molecule has 0 unspecified atom stereocenters. The number of phenolic OH excluding ortho intramolecular Hbond substituents is 1. The lowest BCUT2D eigenvalue weighted by Crippen LogP contribution is -2.18. The van der Waals surface area contributed by atoms with Gasteiger partial charge in [0.25, 0.3) is 0 Å². The highest BCUT2D eigenvalue weighted by molar-refractivity contribution is 6.36. The van der Waals surface area contributed by atoms with E-state index in [4.69, 9.17) is 23.2 Å². The number of phenols is 1. The minimum absolute atomic E-state index is 0.0104. The molecule has 0 fully saturated rings. The molecule has 0 saturated heterocycles. The lowest BCUT2D eigenvalue weighted by molar-refractivity contribution is -0.143. The number of nitrogens with zero attached hydrogens (tertiary/aromatic N) is 1. The number of carbonyl (C=O) groups is 1. The molecule has 30 heavy (non-hydrogen) atoms. The Morgan fingerprint density at radius 1 is 1.00 bits per heavy atom. The van der Waals surface area contributed by atoms with Gasteiger partial charge < -0.3 is 5.11 Å². The van der Waals surface area contributed by atoms with Crippen LogP contribution in [-0.4, -0.2) is 17.2 Å². The molecule has 2 aromatic carbocycles. The SMILES string of the molecule is O=C(CCc1cc(C(F)(F)F)cc(C(F)(F)F)c1)N/N=C\c1cc(Cl)cc(Cl)c1O. The Balaban J connectivity index is 2.07. The fraction of sp³-hybridized carbons (Fsp3) is 0.222. The van der Waals surface area contributed by atoms with Gasteiger partial charge in [0.2, 0.25) is 5.91 Å². The Hall–Kier alpha value is -2.46. The molecule has 1 amide bonds. The Morgan fingerprint density at radius 2 is 1.57 bits per heavy atom. The summed E-state index contributed by atoms with van der Waals surface area (Å²) in [5.74, 6) is -1.12. The van der Waals surface area contributed by atoms with Gasteiger partial charge in [-0.25, -0.2) is 5.43 Å². The molecular weight excluding hydrogens is 461 g/mol. The smallest absolute Gasteiger partial charge is 0.416 e. The molecule has 4 nitrogen and oxygen atoms in total. The molecule has 0 saturated carbocycles. The van der Waals surface area contributed by atoms with Gasteiger partial charge in [0.1, 0.15) is 5.75 Å². The monoisotopic (exact) mass is 472 g/mol. The molecule has 2 aromatic rings. The summed E-state index contributed by atoms with van der Waals surface area (Å²) in [6.45, 7) is 0. The number of hydrogen-bond acceptors (Lipinski definition) is 3. The third kappa shape index (κ3) is 6.53. The van der Waals surface area contributed by atoms with E-state index in [0.717, 1.165) is 6.21 Å². The summed E-state index contributed by atoms with van der Waals surface area (Å²) in [6, 6.07) is 3.70. The topological polar surface area (TPSA) is 61.7 Å². The Kier molecular flexibility index (Phi) is 7.25. The number of benzene rings is 2. The average Bonchev–Trinajstić information content (AvgIpc) is 2.62. The molecule has 0 bridgehead atoms. The molecule has 0 spiro atoms. The molecule has 0 heterocycles. The highest BCUT2D eigenvalue weighted by atomic mass is 35.5. The first-order valence-electron chi connectivity index (χ1n) is 8.05. The number of alkyl halides is 6. The standard InChI is InChI=1S/C18H12Cl2F6N2O2/c19-13-5-10(16(30)14(20)7-13)8-27-28-15(29)2-1-9-3-11(17(21,22)23)6-12(4-9)18(24,25)26/h3-8,30H,1-2H2,(H,28,29)/b27-8-. The zero-order valence-electron chi connectivity index (χ0n) is 14.7. The van der Waals surface area contributed by atoms with Crippen LogP contribution in [0.1, 0.15) is 28.7 Å². The lowest BCUT2D eigenvalue weighted by Gasteiger charge is -2.14. The van der Waals surface area contributed by atoms with Gasteiger partial charge in [-0.05, 0) is 42.3 Å². The molecular formula is C18H12Cl2F6N2O2. The molecule has 0 radical (unpaired) electrons. The second kappa shape index (κ2) is 9.13. The van der Waals surface area contributed by atoms with Crippen LogP contribution in [0.25, 0.3) is 0 Å². The zero-order valence-corrected chi connectivity index (χ0v) is 16.2. The van der Waals surface area contributed by atoms with E-state index < -0.39 is 35.8 Å². The van der Waals surface area contributed by atoms with E-state index in [2.05, 4.69) is 5.10 Å². The summed E-state index contributed by atoms with van der Waals surface area (Å²) in [7, 11) is 0. The number of carbonyl (C=O) groups excluding carboxylic acids is 1. The molecule has 0 aliphatic heterocycles. The van der Waals surface area contributed by atoms with Crippen LogP contribution in [0, 0.1) is 0 Å². The number of rotatable bonds is 5. The maximum Gasteiger partial charge on any atom is 0.416 e. The predicted molar refractivity (Wildman–Crippen MR) is 98.6 cm³/mol. The number of hydrazone groups is 1. The van der Waals surface area contributed by atoms with E-state index in [1.165, 1.54) is 12.1 Å². The minimum atomic E-state index is -4.97. The highest BCUT2D eigenvalue weighted by Crippen LogP contribution is 2.36. The van der Waals surface area contributed by atoms with Gasteiger partial charge in [-0.3, -0.25) is 4.79 Å². The normalized spacial score (nSPS) is 12.4. The predicted octanol–water partition coefficient (Wildman–Crippen LogP) is 5.82. The van der Waals surface area contributed by atoms with Gasteiger partial charge in [-0.15, -0.1) is 0 Å². The van der Waals surface area contributed by atoms with E-state index in [1.54, 1.807) is 0 Å². The maximum absolute atomic E-state index is 12.8. The summed E-state index contributed by atoms with van der Waals surface area (Å²) in [5, 5.41) is 13.4. The molecule has 162 valence electrons. The first kappa shape index (κ1) is 23.8. The van der Waals surface area contributed by atoms with E-state index in [9.17, 15) is 36.2 Å². The van der Waals surface area contributed by atoms with E-state index in [1.807, 2.05) is 5.43 Å². The van der Waals surface area contributed by atoms with Crippen molar-refractivity contribution < 1.29 is 36.2 Å². The number of aryl methyl sites for hydroxylation is 1. The van der Waals surface area contributed by atoms with Crippen molar-refractivity contribution in [3.05, 3.63) is 62.6 Å². The fourth-order valence-electron chi connectivity index (χ4n) is 2.34. The second-order valence-electron chi connectivity index (χ2n) is 6.03. The first-order chi connectivity index (χ1) is 13.8. The zero-order chi connectivity index (χ0) is 22.7. The van der Waals surface area contributed by atoms with Crippen LogP contribution in [0.4, 0.5) is 26.3 Å². The Morgan fingerprint density at radius 3 is 2.10 bits per heavy atom. The van der Waals surface area contributed by atoms with E-state index in [-0.39, 0.29) is 39.4 Å². The van der Waals surface area contributed by atoms with Crippen LogP contribution >= 0.6 is 23.2 Å². The second-order valence-corrected chi connectivity index (χ2v) is 6.88. The number of hydrogen-bond donors (Lipinski definition) is 2. The van der Waals surface area contributed by atoms with Gasteiger partial charge in [0, 0.05) is 17.0 Å². The van der Waals surface area contributed by atoms with E-state index in [0.29, 0.717) is 12.1 Å². The minimum Gasteiger partial charge on any atom is -0.506 e. The molecule has 0 aromatic heterocycles. The van der Waals surface area contributed by atoms with Gasteiger partial charge in [-0.1, -0.05) is 23.2 Å². The first-order valence-corrected chi connectivity index (χ1v) is 8.81. The molecule has 2 rings (SSSR count). The van der Waals surface area contributed by atoms with Crippen molar-refractivity contribution in [3.63, 3.8) is 0 Å². The summed E-state index contributed by atoms with van der Waals surface area (Å²) in [4.78, 5) is 11.8. The van der Waals surface area contributed by atoms with Crippen LogP contribution < -0.4 is 5.43 Å². The lowest BCUT2D eigenvalue weighted by atomic mass is 10.0. The highest BCUT2D eigenvalue weighted by Gasteiger charge is 2.36. The Bertz CT molecular complexity index is 942. The van der Waals surface area contributed by atoms with Gasteiger partial charge >= 0.3 is 12.4 Å². The molecule has 0 aliphatic rings. The average molecular weight is 473 g/mol. The van der Waals surface area contributed by atoms with Crippen molar-refractivity contribution in [2.75, 3.05) is 0 Å². The van der Waals surface area contributed by atoms with Crippen LogP contribution in [0.3, 0.4) is 0 Å². The third-order valence-corrected chi connectivity index (χ3v) is 4.25. The largest absolute Gasteiger partial charge is 0.506 e. The Labute approximate surface area is 176 Å². The van der Waals surface area contributed by atoms with Crippen molar-refractivity contribution in [1.29, 1.82) is 0 Å². The summed E-state index contributed by atoms with van der Waals surface area (Å²) < 4.78 is 77.1. The number of halogens is 8. The molecule has 2 N–H and O–H groups in total.